The molecule has 0 aliphatic heterocycles. The van der Waals surface area contributed by atoms with Crippen LogP contribution in [0.3, 0.4) is 0 Å². The Kier molecular flexibility index (Phi) is 5.17. The minimum atomic E-state index is 0.195. The van der Waals surface area contributed by atoms with Crippen molar-refractivity contribution in [3.05, 3.63) is 28.8 Å². The molecule has 3 nitrogen and oxygen atoms in total. The van der Waals surface area contributed by atoms with Crippen molar-refractivity contribution in [3.63, 3.8) is 0 Å². The predicted octanol–water partition coefficient (Wildman–Crippen LogP) is 2.65. The van der Waals surface area contributed by atoms with Gasteiger partial charge in [-0.25, -0.2) is 0 Å². The van der Waals surface area contributed by atoms with Crippen molar-refractivity contribution in [1.29, 1.82) is 0 Å². The fourth-order valence-corrected chi connectivity index (χ4v) is 2.50. The van der Waals surface area contributed by atoms with E-state index in [0.29, 0.717) is 6.04 Å². The van der Waals surface area contributed by atoms with Crippen molar-refractivity contribution in [2.75, 3.05) is 21.2 Å². The number of hydrogen-bond acceptors (Lipinski definition) is 3. The first kappa shape index (κ1) is 15.0. The Morgan fingerprint density at radius 3 is 2.06 bits per heavy atom. The normalized spacial score (nSPS) is 14.7. The monoisotopic (exact) mass is 250 g/mol. The van der Waals surface area contributed by atoms with E-state index in [1.54, 1.807) is 7.11 Å². The van der Waals surface area contributed by atoms with E-state index in [1.807, 2.05) is 0 Å². The van der Waals surface area contributed by atoms with E-state index < -0.39 is 0 Å². The predicted molar refractivity (Wildman–Crippen MR) is 77.2 cm³/mol. The molecular weight excluding hydrogens is 224 g/mol. The van der Waals surface area contributed by atoms with E-state index in [1.165, 1.54) is 16.7 Å². The van der Waals surface area contributed by atoms with E-state index in [4.69, 9.17) is 10.5 Å². The van der Waals surface area contributed by atoms with E-state index >= 15 is 0 Å². The first-order chi connectivity index (χ1) is 8.36. The maximum absolute atomic E-state index is 5.95. The Balaban J connectivity index is 3.13. The number of hydrogen-bond donors (Lipinski definition) is 1. The molecule has 0 saturated carbocycles. The first-order valence-corrected chi connectivity index (χ1v) is 6.44. The first-order valence-electron chi connectivity index (χ1n) is 6.44. The molecule has 0 radical (unpaired) electrons. The van der Waals surface area contributed by atoms with Crippen LogP contribution in [-0.2, 0) is 0 Å². The Bertz CT molecular complexity index is 376. The molecule has 18 heavy (non-hydrogen) atoms. The van der Waals surface area contributed by atoms with E-state index in [-0.39, 0.29) is 6.04 Å². The second kappa shape index (κ2) is 6.21. The number of nitrogens with two attached hydrogens (primary N) is 1. The fraction of sp³-hybridized carbons (Fsp3) is 0.600. The summed E-state index contributed by atoms with van der Waals surface area (Å²) in [6.07, 6.45) is 0.957. The van der Waals surface area contributed by atoms with Crippen LogP contribution in [0.25, 0.3) is 0 Å². The summed E-state index contributed by atoms with van der Waals surface area (Å²) in [5.41, 5.74) is 9.63. The van der Waals surface area contributed by atoms with Crippen LogP contribution in [-0.4, -0.2) is 32.1 Å². The average Bonchev–Trinajstić information content (AvgIpc) is 2.24. The zero-order chi connectivity index (χ0) is 13.9. The van der Waals surface area contributed by atoms with Crippen molar-refractivity contribution in [2.45, 2.75) is 39.3 Å². The van der Waals surface area contributed by atoms with Crippen molar-refractivity contribution in [2.24, 2.45) is 5.73 Å². The minimum Gasteiger partial charge on any atom is -0.496 e. The quantitative estimate of drug-likeness (QED) is 0.873. The lowest BCUT2D eigenvalue weighted by Crippen LogP contribution is -2.27. The van der Waals surface area contributed by atoms with Crippen molar-refractivity contribution < 1.29 is 4.74 Å². The molecule has 0 amide bonds. The van der Waals surface area contributed by atoms with Crippen LogP contribution in [0.15, 0.2) is 12.1 Å². The molecule has 0 spiro atoms. The molecule has 0 bridgehead atoms. The standard InChI is InChI=1S/C15H26N2O/c1-10-7-13(8-11(2)15(10)18-6)14(17(4)5)9-12(3)16/h7-8,12,14H,9,16H2,1-6H3. The number of aryl methyl sites for hydroxylation is 2. The van der Waals surface area contributed by atoms with E-state index in [9.17, 15) is 0 Å². The molecule has 2 unspecified atom stereocenters. The summed E-state index contributed by atoms with van der Waals surface area (Å²) in [6.45, 7) is 6.24. The molecule has 0 saturated heterocycles. The van der Waals surface area contributed by atoms with Gasteiger partial charge in [0.25, 0.3) is 0 Å². The van der Waals surface area contributed by atoms with Crippen LogP contribution in [0.4, 0.5) is 0 Å². The molecule has 1 aromatic carbocycles. The Hall–Kier alpha value is -1.06. The van der Waals surface area contributed by atoms with E-state index in [0.717, 1.165) is 12.2 Å². The largest absolute Gasteiger partial charge is 0.496 e. The summed E-state index contributed by atoms with van der Waals surface area (Å²) < 4.78 is 5.41. The van der Waals surface area contributed by atoms with Crippen molar-refractivity contribution in [3.8, 4) is 5.75 Å². The maximum atomic E-state index is 5.95. The Morgan fingerprint density at radius 1 is 1.22 bits per heavy atom. The number of benzene rings is 1. The molecule has 102 valence electrons. The van der Waals surface area contributed by atoms with Gasteiger partial charge in [-0.1, -0.05) is 12.1 Å². The van der Waals surface area contributed by atoms with Gasteiger partial charge in [-0.05, 0) is 58.0 Å². The lowest BCUT2D eigenvalue weighted by molar-refractivity contribution is 0.272. The summed E-state index contributed by atoms with van der Waals surface area (Å²) in [7, 11) is 5.92. The summed E-state index contributed by atoms with van der Waals surface area (Å²) >= 11 is 0. The molecule has 1 aromatic rings. The van der Waals surface area contributed by atoms with Gasteiger partial charge < -0.3 is 15.4 Å². The summed E-state index contributed by atoms with van der Waals surface area (Å²) in [5.74, 6) is 0.983. The number of ether oxygens (including phenoxy) is 1. The SMILES string of the molecule is COc1c(C)cc(C(CC(C)N)N(C)C)cc1C. The van der Waals surface area contributed by atoms with E-state index in [2.05, 4.69) is 51.9 Å². The molecule has 0 aliphatic rings. The third-order valence-electron chi connectivity index (χ3n) is 3.29. The van der Waals surface area contributed by atoms with Gasteiger partial charge in [0.1, 0.15) is 5.75 Å². The van der Waals surface area contributed by atoms with Gasteiger partial charge in [-0.2, -0.15) is 0 Å². The third kappa shape index (κ3) is 3.47. The molecule has 1 rings (SSSR count). The number of rotatable bonds is 5. The van der Waals surface area contributed by atoms with Gasteiger partial charge in [-0.3, -0.25) is 0 Å². The highest BCUT2D eigenvalue weighted by Gasteiger charge is 2.18. The van der Waals surface area contributed by atoms with Gasteiger partial charge in [0.05, 0.1) is 7.11 Å². The average molecular weight is 250 g/mol. The summed E-state index contributed by atoms with van der Waals surface area (Å²) in [5, 5.41) is 0. The molecule has 0 aliphatic carbocycles. The topological polar surface area (TPSA) is 38.5 Å². The van der Waals surface area contributed by atoms with Crippen LogP contribution in [0.2, 0.25) is 0 Å². The molecule has 3 heteroatoms. The van der Waals surface area contributed by atoms with Crippen molar-refractivity contribution >= 4 is 0 Å². The maximum Gasteiger partial charge on any atom is 0.124 e. The zero-order valence-corrected chi connectivity index (χ0v) is 12.4. The summed E-state index contributed by atoms with van der Waals surface area (Å²) in [6, 6.07) is 4.96. The van der Waals surface area contributed by atoms with Crippen LogP contribution in [0, 0.1) is 13.8 Å². The molecule has 2 atom stereocenters. The zero-order valence-electron chi connectivity index (χ0n) is 12.4. The van der Waals surface area contributed by atoms with Gasteiger partial charge in [0.2, 0.25) is 0 Å². The van der Waals surface area contributed by atoms with Gasteiger partial charge >= 0.3 is 0 Å². The van der Waals surface area contributed by atoms with Gasteiger partial charge in [-0.15, -0.1) is 0 Å². The highest BCUT2D eigenvalue weighted by Crippen LogP contribution is 2.30. The van der Waals surface area contributed by atoms with Crippen molar-refractivity contribution in [1.82, 2.24) is 4.90 Å². The number of methoxy groups -OCH3 is 1. The smallest absolute Gasteiger partial charge is 0.124 e. The molecule has 2 N–H and O–H groups in total. The Labute approximate surface area is 111 Å². The summed E-state index contributed by atoms with van der Waals surface area (Å²) in [4.78, 5) is 2.23. The second-order valence-corrected chi connectivity index (χ2v) is 5.38. The van der Waals surface area contributed by atoms with Gasteiger partial charge in [0, 0.05) is 12.1 Å². The lowest BCUT2D eigenvalue weighted by Gasteiger charge is -2.27. The van der Waals surface area contributed by atoms with Crippen LogP contribution in [0.1, 0.15) is 36.1 Å². The molecule has 0 fully saturated rings. The number of nitrogens with zero attached hydrogens (tertiary/aromatic N) is 1. The molecule has 0 heterocycles. The second-order valence-electron chi connectivity index (χ2n) is 5.38. The van der Waals surface area contributed by atoms with Gasteiger partial charge in [0.15, 0.2) is 0 Å². The third-order valence-corrected chi connectivity index (χ3v) is 3.29. The highest BCUT2D eigenvalue weighted by molar-refractivity contribution is 5.44. The molecular formula is C15H26N2O. The minimum absolute atomic E-state index is 0.195. The lowest BCUT2D eigenvalue weighted by atomic mass is 9.95. The van der Waals surface area contributed by atoms with Crippen LogP contribution >= 0.6 is 0 Å². The van der Waals surface area contributed by atoms with Crippen LogP contribution < -0.4 is 10.5 Å². The molecule has 0 aromatic heterocycles. The fourth-order valence-electron chi connectivity index (χ4n) is 2.50. The highest BCUT2D eigenvalue weighted by atomic mass is 16.5. The Morgan fingerprint density at radius 2 is 1.72 bits per heavy atom. The van der Waals surface area contributed by atoms with Crippen LogP contribution in [0.5, 0.6) is 5.75 Å².